The number of amides is 1. The third kappa shape index (κ3) is 2.63. The number of aryl methyl sites for hydroxylation is 1. The van der Waals surface area contributed by atoms with Crippen LogP contribution < -0.4 is 0 Å². The number of carboxylic acid groups (broad SMARTS) is 1. The molecular formula is C12H15N3O5. The van der Waals surface area contributed by atoms with Crippen molar-refractivity contribution >= 4 is 17.6 Å². The molecule has 1 N–H and O–H groups in total. The molecule has 2 heterocycles. The fourth-order valence-corrected chi connectivity index (χ4v) is 2.38. The van der Waals surface area contributed by atoms with Gasteiger partial charge in [-0.25, -0.2) is 0 Å². The quantitative estimate of drug-likeness (QED) is 0.653. The lowest BCUT2D eigenvalue weighted by molar-refractivity contribution is -0.384. The first-order valence-electron chi connectivity index (χ1n) is 6.23. The van der Waals surface area contributed by atoms with Crippen molar-refractivity contribution in [1.82, 2.24) is 9.47 Å². The average molecular weight is 281 g/mol. The van der Waals surface area contributed by atoms with Crippen molar-refractivity contribution in [2.45, 2.75) is 12.8 Å². The first-order valence-corrected chi connectivity index (χ1v) is 6.23. The minimum atomic E-state index is -0.916. The number of nitrogens with zero attached hydrogens (tertiary/aromatic N) is 3. The number of hydrogen-bond donors (Lipinski definition) is 1. The average Bonchev–Trinajstić information content (AvgIpc) is 2.80. The Morgan fingerprint density at radius 3 is 2.75 bits per heavy atom. The number of carboxylic acids is 1. The highest BCUT2D eigenvalue weighted by Gasteiger charge is 2.30. The van der Waals surface area contributed by atoms with E-state index in [4.69, 9.17) is 5.11 Å². The molecule has 1 aliphatic heterocycles. The number of hydrogen-bond acceptors (Lipinski definition) is 4. The van der Waals surface area contributed by atoms with Crippen molar-refractivity contribution in [3.63, 3.8) is 0 Å². The van der Waals surface area contributed by atoms with Crippen LogP contribution in [0.3, 0.4) is 0 Å². The molecule has 0 bridgehead atoms. The Bertz CT molecular complexity index is 565. The molecule has 0 aromatic carbocycles. The van der Waals surface area contributed by atoms with Crippen molar-refractivity contribution in [3.8, 4) is 0 Å². The van der Waals surface area contributed by atoms with E-state index in [1.165, 1.54) is 21.7 Å². The van der Waals surface area contributed by atoms with Gasteiger partial charge in [0, 0.05) is 26.2 Å². The molecule has 1 aromatic heterocycles. The largest absolute Gasteiger partial charge is 0.481 e. The van der Waals surface area contributed by atoms with Gasteiger partial charge < -0.3 is 14.6 Å². The number of nitro groups is 1. The van der Waals surface area contributed by atoms with Gasteiger partial charge in [-0.15, -0.1) is 0 Å². The van der Waals surface area contributed by atoms with Crippen LogP contribution in [0.25, 0.3) is 0 Å². The summed E-state index contributed by atoms with van der Waals surface area (Å²) >= 11 is 0. The van der Waals surface area contributed by atoms with Gasteiger partial charge >= 0.3 is 5.97 Å². The Morgan fingerprint density at radius 2 is 2.20 bits per heavy atom. The van der Waals surface area contributed by atoms with E-state index >= 15 is 0 Å². The van der Waals surface area contributed by atoms with Crippen molar-refractivity contribution in [3.05, 3.63) is 28.1 Å². The topological polar surface area (TPSA) is 106 Å². The van der Waals surface area contributed by atoms with E-state index in [1.54, 1.807) is 7.05 Å². The zero-order valence-corrected chi connectivity index (χ0v) is 11.0. The molecule has 8 nitrogen and oxygen atoms in total. The summed E-state index contributed by atoms with van der Waals surface area (Å²) in [7, 11) is 1.55. The van der Waals surface area contributed by atoms with E-state index in [2.05, 4.69) is 0 Å². The molecule has 0 radical (unpaired) electrons. The number of carbonyl (C=O) groups excluding carboxylic acids is 1. The summed E-state index contributed by atoms with van der Waals surface area (Å²) in [5, 5.41) is 19.7. The molecule has 20 heavy (non-hydrogen) atoms. The molecule has 8 heteroatoms. The minimum absolute atomic E-state index is 0.146. The second-order valence-corrected chi connectivity index (χ2v) is 4.88. The fraction of sp³-hybridized carbons (Fsp3) is 0.500. The third-order valence-corrected chi connectivity index (χ3v) is 3.48. The summed E-state index contributed by atoms with van der Waals surface area (Å²) in [6.45, 7) is 0.620. The smallest absolute Gasteiger partial charge is 0.308 e. The SMILES string of the molecule is Cn1cc([N+](=O)[O-])cc1C(=O)N1CCCC(C(=O)O)C1. The maximum Gasteiger partial charge on any atom is 0.308 e. The van der Waals surface area contributed by atoms with Crippen molar-refractivity contribution in [2.24, 2.45) is 13.0 Å². The second kappa shape index (κ2) is 5.32. The van der Waals surface area contributed by atoms with Crippen LogP contribution in [-0.2, 0) is 11.8 Å². The lowest BCUT2D eigenvalue weighted by Gasteiger charge is -2.30. The number of piperidine rings is 1. The number of carbonyl (C=O) groups is 2. The summed E-state index contributed by atoms with van der Waals surface area (Å²) in [5.41, 5.74) is 0.0467. The highest BCUT2D eigenvalue weighted by atomic mass is 16.6. The van der Waals surface area contributed by atoms with Gasteiger partial charge in [0.05, 0.1) is 17.0 Å². The molecule has 2 rings (SSSR count). The Hall–Kier alpha value is -2.38. The van der Waals surface area contributed by atoms with E-state index in [9.17, 15) is 19.7 Å². The predicted octanol–water partition coefficient (Wildman–Crippen LogP) is 0.870. The highest BCUT2D eigenvalue weighted by molar-refractivity contribution is 5.94. The van der Waals surface area contributed by atoms with Crippen LogP contribution in [0.1, 0.15) is 23.3 Å². The van der Waals surface area contributed by atoms with E-state index < -0.39 is 16.8 Å². The molecule has 1 atom stereocenters. The van der Waals surface area contributed by atoms with Gasteiger partial charge in [-0.3, -0.25) is 19.7 Å². The van der Waals surface area contributed by atoms with Gasteiger partial charge in [0.1, 0.15) is 5.69 Å². The zero-order valence-electron chi connectivity index (χ0n) is 11.0. The van der Waals surface area contributed by atoms with Gasteiger partial charge in [-0.2, -0.15) is 0 Å². The Labute approximate surface area is 114 Å². The van der Waals surface area contributed by atoms with Crippen LogP contribution in [0, 0.1) is 16.0 Å². The Kier molecular flexibility index (Phi) is 3.73. The first kappa shape index (κ1) is 14.0. The van der Waals surface area contributed by atoms with E-state index in [0.29, 0.717) is 19.4 Å². The van der Waals surface area contributed by atoms with Crippen LogP contribution in [-0.4, -0.2) is 44.5 Å². The molecule has 108 valence electrons. The molecule has 0 aliphatic carbocycles. The lowest BCUT2D eigenvalue weighted by atomic mass is 9.98. The number of likely N-dealkylation sites (tertiary alicyclic amines) is 1. The fourth-order valence-electron chi connectivity index (χ4n) is 2.38. The summed E-state index contributed by atoms with van der Waals surface area (Å²) in [5.74, 6) is -1.85. The van der Waals surface area contributed by atoms with Gasteiger partial charge in [0.15, 0.2) is 0 Å². The van der Waals surface area contributed by atoms with E-state index in [0.717, 1.165) is 0 Å². The standard InChI is InChI=1S/C12H15N3O5/c1-13-7-9(15(19)20)5-10(13)11(16)14-4-2-3-8(6-14)12(17)18/h5,7-8H,2-4,6H2,1H3,(H,17,18). The molecule has 1 fully saturated rings. The molecule has 1 unspecified atom stereocenters. The lowest BCUT2D eigenvalue weighted by Crippen LogP contribution is -2.42. The zero-order chi connectivity index (χ0) is 14.9. The normalized spacial score (nSPS) is 18.9. The van der Waals surface area contributed by atoms with Gasteiger partial charge in [0.25, 0.3) is 11.6 Å². The van der Waals surface area contributed by atoms with Gasteiger partial charge in [0.2, 0.25) is 0 Å². The minimum Gasteiger partial charge on any atom is -0.481 e. The summed E-state index contributed by atoms with van der Waals surface area (Å²) in [6, 6.07) is 1.21. The predicted molar refractivity (Wildman–Crippen MR) is 68.3 cm³/mol. The monoisotopic (exact) mass is 281 g/mol. The highest BCUT2D eigenvalue weighted by Crippen LogP contribution is 2.21. The third-order valence-electron chi connectivity index (χ3n) is 3.48. The van der Waals surface area contributed by atoms with Crippen LogP contribution in [0.5, 0.6) is 0 Å². The van der Waals surface area contributed by atoms with Crippen LogP contribution >= 0.6 is 0 Å². The number of rotatable bonds is 3. The Morgan fingerprint density at radius 1 is 1.50 bits per heavy atom. The van der Waals surface area contributed by atoms with Crippen molar-refractivity contribution in [1.29, 1.82) is 0 Å². The van der Waals surface area contributed by atoms with Crippen LogP contribution in [0.15, 0.2) is 12.3 Å². The molecule has 1 amide bonds. The maximum absolute atomic E-state index is 12.3. The maximum atomic E-state index is 12.3. The van der Waals surface area contributed by atoms with Gasteiger partial charge in [-0.1, -0.05) is 0 Å². The molecule has 1 aromatic rings. The second-order valence-electron chi connectivity index (χ2n) is 4.88. The number of aromatic nitrogens is 1. The first-order chi connectivity index (χ1) is 9.40. The van der Waals surface area contributed by atoms with Gasteiger partial charge in [-0.05, 0) is 12.8 Å². The summed E-state index contributed by atoms with van der Waals surface area (Å²) in [4.78, 5) is 34.9. The summed E-state index contributed by atoms with van der Waals surface area (Å²) < 4.78 is 1.39. The molecule has 0 saturated carbocycles. The van der Waals surface area contributed by atoms with Crippen LogP contribution in [0.4, 0.5) is 5.69 Å². The molecule has 0 spiro atoms. The molecular weight excluding hydrogens is 266 g/mol. The molecule has 1 saturated heterocycles. The van der Waals surface area contributed by atoms with Crippen molar-refractivity contribution in [2.75, 3.05) is 13.1 Å². The Balaban J connectivity index is 2.18. The number of aliphatic carboxylic acids is 1. The van der Waals surface area contributed by atoms with E-state index in [-0.39, 0.29) is 23.8 Å². The molecule has 1 aliphatic rings. The van der Waals surface area contributed by atoms with E-state index in [1.807, 2.05) is 0 Å². The van der Waals surface area contributed by atoms with Crippen LogP contribution in [0.2, 0.25) is 0 Å². The van der Waals surface area contributed by atoms with Crippen molar-refractivity contribution < 1.29 is 19.6 Å². The summed E-state index contributed by atoms with van der Waals surface area (Å²) in [6.07, 6.45) is 2.44.